The fraction of sp³-hybridized carbons (Fsp3) is 0.680. The van der Waals surface area contributed by atoms with Crippen LogP contribution in [0.2, 0.25) is 0 Å². The Bertz CT molecular complexity index is 1090. The van der Waals surface area contributed by atoms with Gasteiger partial charge in [-0.1, -0.05) is 35.4 Å². The number of amides is 5. The lowest BCUT2D eigenvalue weighted by molar-refractivity contribution is -0.141. The number of rotatable bonds is 9. The molecule has 1 aliphatic rings. The SMILES string of the molecule is CC(C)C[C@H]1NC(=O)[C@H](N)CSSC[C@@H](C(=O)O)NC(=O)[C@@H](C)NC(=O)[C@@H](CCC(=O)O)NC(=O)[C@H](CCC(=O)O)NC1=O. The maximum absolute atomic E-state index is 13.3. The second kappa shape index (κ2) is 18.9. The van der Waals surface area contributed by atoms with E-state index in [2.05, 4.69) is 26.6 Å². The highest BCUT2D eigenvalue weighted by atomic mass is 33.1. The second-order valence-electron chi connectivity index (χ2n) is 10.5. The van der Waals surface area contributed by atoms with Gasteiger partial charge >= 0.3 is 17.9 Å². The Kier molecular flexibility index (Phi) is 16.6. The van der Waals surface area contributed by atoms with Gasteiger partial charge in [0, 0.05) is 24.3 Å². The molecule has 0 spiro atoms. The number of hydrogen-bond donors (Lipinski definition) is 9. The molecule has 0 aromatic rings. The molecule has 1 heterocycles. The van der Waals surface area contributed by atoms with Gasteiger partial charge in [-0.15, -0.1) is 0 Å². The van der Waals surface area contributed by atoms with Crippen LogP contribution in [0.15, 0.2) is 0 Å². The van der Waals surface area contributed by atoms with Crippen molar-refractivity contribution in [3.8, 4) is 0 Å². The normalized spacial score (nSPS) is 26.8. The van der Waals surface area contributed by atoms with Crippen LogP contribution in [0.3, 0.4) is 0 Å². The van der Waals surface area contributed by atoms with Crippen LogP contribution in [0, 0.1) is 5.92 Å². The molecule has 0 bridgehead atoms. The number of hydrogen-bond acceptors (Lipinski definition) is 11. The molecule has 0 saturated carbocycles. The van der Waals surface area contributed by atoms with E-state index >= 15 is 0 Å². The van der Waals surface area contributed by atoms with Gasteiger partial charge in [-0.2, -0.15) is 0 Å². The molecule has 0 aliphatic carbocycles. The van der Waals surface area contributed by atoms with Crippen LogP contribution < -0.4 is 32.3 Å². The molecule has 44 heavy (non-hydrogen) atoms. The summed E-state index contributed by atoms with van der Waals surface area (Å²) in [4.78, 5) is 99.2. The van der Waals surface area contributed by atoms with Gasteiger partial charge in [-0.25, -0.2) is 4.79 Å². The van der Waals surface area contributed by atoms with E-state index in [4.69, 9.17) is 10.8 Å². The van der Waals surface area contributed by atoms with Gasteiger partial charge in [-0.05, 0) is 32.1 Å². The molecule has 1 fully saturated rings. The van der Waals surface area contributed by atoms with Crippen LogP contribution in [0.5, 0.6) is 0 Å². The summed E-state index contributed by atoms with van der Waals surface area (Å²) in [6, 6.07) is -8.02. The van der Waals surface area contributed by atoms with Crippen LogP contribution in [-0.2, 0) is 38.4 Å². The number of nitrogens with two attached hydrogens (primary N) is 1. The quantitative estimate of drug-likeness (QED) is 0.121. The molecule has 0 aromatic heterocycles. The first kappa shape index (κ1) is 38.4. The summed E-state index contributed by atoms with van der Waals surface area (Å²) >= 11 is 0. The minimum Gasteiger partial charge on any atom is -0.481 e. The van der Waals surface area contributed by atoms with Gasteiger partial charge in [-0.3, -0.25) is 33.6 Å². The summed E-state index contributed by atoms with van der Waals surface area (Å²) in [6.07, 6.45) is -1.86. The van der Waals surface area contributed by atoms with E-state index in [1.165, 1.54) is 6.92 Å². The van der Waals surface area contributed by atoms with Crippen molar-refractivity contribution in [3.63, 3.8) is 0 Å². The number of carboxylic acids is 3. The Morgan fingerprint density at radius 3 is 1.66 bits per heavy atom. The molecular formula is C25H40N6O11S2. The van der Waals surface area contributed by atoms with E-state index in [1.807, 2.05) is 0 Å². The van der Waals surface area contributed by atoms with E-state index in [9.17, 15) is 48.6 Å². The predicted molar refractivity (Wildman–Crippen MR) is 159 cm³/mol. The maximum Gasteiger partial charge on any atom is 0.327 e. The van der Waals surface area contributed by atoms with Crippen LogP contribution in [-0.4, -0.2) is 111 Å². The van der Waals surface area contributed by atoms with Crippen LogP contribution in [0.4, 0.5) is 0 Å². The van der Waals surface area contributed by atoms with Gasteiger partial charge in [0.05, 0.1) is 6.04 Å². The monoisotopic (exact) mass is 664 g/mol. The molecule has 0 aromatic carbocycles. The van der Waals surface area contributed by atoms with E-state index in [-0.39, 0.29) is 23.8 Å². The van der Waals surface area contributed by atoms with Crippen LogP contribution in [0.25, 0.3) is 0 Å². The van der Waals surface area contributed by atoms with Crippen LogP contribution in [0.1, 0.15) is 52.9 Å². The standard InChI is InChI=1S/C25H40N6O11S2/c1-11(2)8-16-24(40)29-15(5-7-19(34)35)23(39)28-14(4-6-18(32)33)22(38)27-12(3)20(36)31-17(25(41)42)10-44-43-9-13(26)21(37)30-16/h11-17H,4-10,26H2,1-3H3,(H,27,38)(H,28,39)(H,29,40)(H,30,37)(H,31,36)(H,32,33)(H,34,35)(H,41,42)/t12-,13-,14-,15+,16-,17+/m1/s1. The highest BCUT2D eigenvalue weighted by Gasteiger charge is 2.33. The van der Waals surface area contributed by atoms with Gasteiger partial charge in [0.25, 0.3) is 0 Å². The first-order chi connectivity index (χ1) is 20.5. The minimum absolute atomic E-state index is 0.0145. The molecule has 0 radical (unpaired) electrons. The molecule has 1 aliphatic heterocycles. The van der Waals surface area contributed by atoms with Crippen molar-refractivity contribution in [1.82, 2.24) is 26.6 Å². The van der Waals surface area contributed by atoms with E-state index in [1.54, 1.807) is 13.8 Å². The van der Waals surface area contributed by atoms with Gasteiger partial charge in [0.15, 0.2) is 0 Å². The zero-order valence-corrected chi connectivity index (χ0v) is 26.1. The van der Waals surface area contributed by atoms with Crippen molar-refractivity contribution in [2.45, 2.75) is 89.1 Å². The largest absolute Gasteiger partial charge is 0.481 e. The van der Waals surface area contributed by atoms with Crippen molar-refractivity contribution in [2.75, 3.05) is 11.5 Å². The summed E-state index contributed by atoms with van der Waals surface area (Å²) in [7, 11) is 2.08. The lowest BCUT2D eigenvalue weighted by Crippen LogP contribution is -2.59. The van der Waals surface area contributed by atoms with E-state index < -0.39 is 109 Å². The molecule has 1 saturated heterocycles. The topological polar surface area (TPSA) is 283 Å². The smallest absolute Gasteiger partial charge is 0.327 e. The highest BCUT2D eigenvalue weighted by molar-refractivity contribution is 8.76. The zero-order chi connectivity index (χ0) is 33.6. The molecule has 1 rings (SSSR count). The molecule has 19 heteroatoms. The summed E-state index contributed by atoms with van der Waals surface area (Å²) in [5.74, 6) is -8.57. The number of carboxylic acid groups (broad SMARTS) is 3. The fourth-order valence-electron chi connectivity index (χ4n) is 3.76. The highest BCUT2D eigenvalue weighted by Crippen LogP contribution is 2.23. The average Bonchev–Trinajstić information content (AvgIpc) is 2.92. The van der Waals surface area contributed by atoms with Crippen molar-refractivity contribution >= 4 is 69.0 Å². The Hall–Kier alpha value is -3.58. The number of nitrogens with one attached hydrogen (secondary N) is 5. The van der Waals surface area contributed by atoms with Crippen LogP contribution >= 0.6 is 21.6 Å². The summed E-state index contributed by atoms with van der Waals surface area (Å²) in [5, 5.41) is 39.7. The van der Waals surface area contributed by atoms with E-state index in [0.29, 0.717) is 0 Å². The lowest BCUT2D eigenvalue weighted by atomic mass is 10.0. The second-order valence-corrected chi connectivity index (χ2v) is 13.0. The average molecular weight is 665 g/mol. The molecular weight excluding hydrogens is 624 g/mol. The fourth-order valence-corrected chi connectivity index (χ4v) is 6.04. The summed E-state index contributed by atoms with van der Waals surface area (Å²) in [6.45, 7) is 4.81. The summed E-state index contributed by atoms with van der Waals surface area (Å²) < 4.78 is 0. The third kappa shape index (κ3) is 14.3. The third-order valence-corrected chi connectivity index (χ3v) is 8.62. The summed E-state index contributed by atoms with van der Waals surface area (Å²) in [5.41, 5.74) is 5.97. The number of carbonyl (C=O) groups excluding carboxylic acids is 5. The molecule has 248 valence electrons. The first-order valence-electron chi connectivity index (χ1n) is 13.7. The minimum atomic E-state index is -1.53. The Morgan fingerprint density at radius 2 is 1.18 bits per heavy atom. The predicted octanol–water partition coefficient (Wildman–Crippen LogP) is -1.99. The Balaban J connectivity index is 3.44. The van der Waals surface area contributed by atoms with Gasteiger partial charge in [0.2, 0.25) is 29.5 Å². The van der Waals surface area contributed by atoms with Crippen molar-refractivity contribution < 1.29 is 53.7 Å². The van der Waals surface area contributed by atoms with Gasteiger partial charge in [0.1, 0.15) is 30.2 Å². The molecule has 6 atom stereocenters. The van der Waals surface area contributed by atoms with Crippen molar-refractivity contribution in [3.05, 3.63) is 0 Å². The first-order valence-corrected chi connectivity index (χ1v) is 16.2. The molecule has 10 N–H and O–H groups in total. The Morgan fingerprint density at radius 1 is 0.727 bits per heavy atom. The number of aliphatic carboxylic acids is 3. The Labute approximate surface area is 261 Å². The third-order valence-electron chi connectivity index (χ3n) is 6.17. The molecule has 17 nitrogen and oxygen atoms in total. The lowest BCUT2D eigenvalue weighted by Gasteiger charge is -2.27. The maximum atomic E-state index is 13.3. The zero-order valence-electron chi connectivity index (χ0n) is 24.5. The van der Waals surface area contributed by atoms with Gasteiger partial charge < -0.3 is 47.6 Å². The molecule has 5 amide bonds. The number of carbonyl (C=O) groups is 8. The molecule has 0 unspecified atom stereocenters. The van der Waals surface area contributed by atoms with Crippen molar-refractivity contribution in [2.24, 2.45) is 11.7 Å². The van der Waals surface area contributed by atoms with Crippen molar-refractivity contribution in [1.29, 1.82) is 0 Å². The van der Waals surface area contributed by atoms with E-state index in [0.717, 1.165) is 21.6 Å².